The lowest BCUT2D eigenvalue weighted by atomic mass is 9.48. The summed E-state index contributed by atoms with van der Waals surface area (Å²) in [6, 6.07) is 0.299. The minimum Gasteiger partial charge on any atom is -0.353 e. The van der Waals surface area contributed by atoms with Crippen LogP contribution in [0.5, 0.6) is 0 Å². The lowest BCUT2D eigenvalue weighted by molar-refractivity contribution is -0.143. The number of likely N-dealkylation sites (tertiary alicyclic amines) is 1. The molecule has 1 atom stereocenters. The van der Waals surface area contributed by atoms with Crippen molar-refractivity contribution in [2.24, 2.45) is 34.5 Å². The molecule has 0 spiro atoms. The van der Waals surface area contributed by atoms with E-state index in [1.54, 1.807) is 0 Å². The smallest absolute Gasteiger partial charge is 0.227 e. The van der Waals surface area contributed by atoms with E-state index >= 15 is 0 Å². The normalized spacial score (nSPS) is 37.3. The Hall–Kier alpha value is -1.06. The minimum atomic E-state index is -0.331. The third kappa shape index (κ3) is 3.65. The first-order chi connectivity index (χ1) is 12.7. The van der Waals surface area contributed by atoms with E-state index in [1.807, 2.05) is 25.7 Å². The van der Waals surface area contributed by atoms with Crippen molar-refractivity contribution in [3.63, 3.8) is 0 Å². The van der Waals surface area contributed by atoms with E-state index in [0.717, 1.165) is 43.7 Å². The molecular formula is C23H38N2O2. The molecule has 5 aliphatic rings. The van der Waals surface area contributed by atoms with Crippen molar-refractivity contribution in [2.45, 2.75) is 85.1 Å². The number of nitrogens with zero attached hydrogens (tertiary/aromatic N) is 1. The van der Waals surface area contributed by atoms with Crippen molar-refractivity contribution in [3.05, 3.63) is 0 Å². The zero-order valence-electron chi connectivity index (χ0n) is 17.7. The first kappa shape index (κ1) is 19.3. The van der Waals surface area contributed by atoms with Gasteiger partial charge in [-0.2, -0.15) is 0 Å². The van der Waals surface area contributed by atoms with Crippen LogP contribution in [0.3, 0.4) is 0 Å². The fourth-order valence-electron chi connectivity index (χ4n) is 7.01. The monoisotopic (exact) mass is 374 g/mol. The Labute approximate surface area is 164 Å². The van der Waals surface area contributed by atoms with Crippen LogP contribution in [-0.2, 0) is 9.59 Å². The van der Waals surface area contributed by atoms with Gasteiger partial charge in [-0.05, 0) is 81.5 Å². The largest absolute Gasteiger partial charge is 0.353 e. The molecule has 0 aromatic carbocycles. The molecule has 2 amide bonds. The van der Waals surface area contributed by atoms with Gasteiger partial charge in [0.25, 0.3) is 0 Å². The van der Waals surface area contributed by atoms with Crippen LogP contribution in [0.1, 0.15) is 79.1 Å². The number of carbonyl (C=O) groups excluding carboxylic acids is 2. The second-order valence-corrected chi connectivity index (χ2v) is 11.3. The summed E-state index contributed by atoms with van der Waals surface area (Å²) in [6.07, 6.45) is 9.94. The topological polar surface area (TPSA) is 49.4 Å². The summed E-state index contributed by atoms with van der Waals surface area (Å²) in [5.74, 6) is 3.28. The van der Waals surface area contributed by atoms with Gasteiger partial charge in [0.1, 0.15) is 0 Å². The van der Waals surface area contributed by atoms with Crippen molar-refractivity contribution >= 4 is 11.8 Å². The Morgan fingerprint density at radius 2 is 1.44 bits per heavy atom. The molecule has 152 valence electrons. The number of rotatable bonds is 3. The van der Waals surface area contributed by atoms with E-state index in [1.165, 1.54) is 38.5 Å². The first-order valence-corrected chi connectivity index (χ1v) is 11.3. The van der Waals surface area contributed by atoms with Gasteiger partial charge in [0.05, 0.1) is 0 Å². The van der Waals surface area contributed by atoms with E-state index in [4.69, 9.17) is 0 Å². The molecule has 1 saturated heterocycles. The zero-order chi connectivity index (χ0) is 19.4. The second kappa shape index (κ2) is 6.77. The van der Waals surface area contributed by atoms with E-state index in [0.29, 0.717) is 11.5 Å². The lowest BCUT2D eigenvalue weighted by Crippen LogP contribution is -2.57. The molecule has 1 aliphatic heterocycles. The maximum absolute atomic E-state index is 13.0. The van der Waals surface area contributed by atoms with Crippen molar-refractivity contribution < 1.29 is 9.59 Å². The summed E-state index contributed by atoms with van der Waals surface area (Å²) in [4.78, 5) is 27.4. The minimum absolute atomic E-state index is 0.0744. The Bertz CT molecular complexity index is 563. The maximum Gasteiger partial charge on any atom is 0.227 e. The summed E-state index contributed by atoms with van der Waals surface area (Å²) in [7, 11) is 0. The van der Waals surface area contributed by atoms with Gasteiger partial charge in [0.2, 0.25) is 11.8 Å². The van der Waals surface area contributed by atoms with Crippen LogP contribution in [-0.4, -0.2) is 35.8 Å². The summed E-state index contributed by atoms with van der Waals surface area (Å²) in [6.45, 7) is 9.63. The van der Waals surface area contributed by atoms with Crippen LogP contribution >= 0.6 is 0 Å². The highest BCUT2D eigenvalue weighted by Gasteiger charge is 2.53. The van der Waals surface area contributed by atoms with Gasteiger partial charge in [-0.3, -0.25) is 9.59 Å². The summed E-state index contributed by atoms with van der Waals surface area (Å²) in [5, 5.41) is 3.44. The molecule has 5 fully saturated rings. The summed E-state index contributed by atoms with van der Waals surface area (Å²) >= 11 is 0. The maximum atomic E-state index is 13.0. The Morgan fingerprint density at radius 3 is 1.89 bits per heavy atom. The number of nitrogens with one attached hydrogen (secondary N) is 1. The second-order valence-electron chi connectivity index (χ2n) is 11.3. The Kier molecular flexibility index (Phi) is 4.83. The van der Waals surface area contributed by atoms with Crippen LogP contribution in [0, 0.1) is 34.5 Å². The molecule has 4 saturated carbocycles. The van der Waals surface area contributed by atoms with Gasteiger partial charge >= 0.3 is 0 Å². The molecule has 4 bridgehead atoms. The fraction of sp³-hybridized carbons (Fsp3) is 0.913. The molecule has 27 heavy (non-hydrogen) atoms. The Morgan fingerprint density at radius 1 is 0.963 bits per heavy atom. The number of amides is 2. The third-order valence-electron chi connectivity index (χ3n) is 8.16. The molecular weight excluding hydrogens is 336 g/mol. The van der Waals surface area contributed by atoms with Crippen LogP contribution in [0.15, 0.2) is 0 Å². The van der Waals surface area contributed by atoms with E-state index < -0.39 is 0 Å². The predicted molar refractivity (Wildman–Crippen MR) is 107 cm³/mol. The quantitative estimate of drug-likeness (QED) is 0.812. The molecule has 5 rings (SSSR count). The van der Waals surface area contributed by atoms with E-state index in [-0.39, 0.29) is 23.1 Å². The molecule has 1 unspecified atom stereocenters. The standard InChI is InChI=1S/C23H38N2O2/c1-15(23-12-16-9-17(13-23)11-18(10-16)14-23)24-20(26)19-5-7-25(8-6-19)21(27)22(2,3)4/h15-19H,5-14H2,1-4H3,(H,24,26). The van der Waals surface area contributed by atoms with Crippen molar-refractivity contribution in [2.75, 3.05) is 13.1 Å². The third-order valence-corrected chi connectivity index (χ3v) is 8.16. The molecule has 0 aromatic heterocycles. The number of hydrogen-bond donors (Lipinski definition) is 1. The Balaban J connectivity index is 1.32. The highest BCUT2D eigenvalue weighted by Crippen LogP contribution is 2.61. The van der Waals surface area contributed by atoms with Crippen molar-refractivity contribution in [3.8, 4) is 0 Å². The van der Waals surface area contributed by atoms with Crippen LogP contribution in [0.4, 0.5) is 0 Å². The van der Waals surface area contributed by atoms with Gasteiger partial charge in [-0.1, -0.05) is 20.8 Å². The summed E-state index contributed by atoms with van der Waals surface area (Å²) < 4.78 is 0. The van der Waals surface area contributed by atoms with Crippen molar-refractivity contribution in [1.82, 2.24) is 10.2 Å². The molecule has 0 aromatic rings. The van der Waals surface area contributed by atoms with Crippen LogP contribution in [0.2, 0.25) is 0 Å². The van der Waals surface area contributed by atoms with Gasteiger partial charge in [-0.15, -0.1) is 0 Å². The predicted octanol–water partition coefficient (Wildman–Crippen LogP) is 3.99. The highest BCUT2D eigenvalue weighted by atomic mass is 16.2. The fourth-order valence-corrected chi connectivity index (χ4v) is 7.01. The number of hydrogen-bond acceptors (Lipinski definition) is 2. The summed E-state index contributed by atoms with van der Waals surface area (Å²) in [5.41, 5.74) is 0.0371. The molecule has 4 nitrogen and oxygen atoms in total. The molecule has 0 radical (unpaired) electrons. The molecule has 4 aliphatic carbocycles. The van der Waals surface area contributed by atoms with E-state index in [9.17, 15) is 9.59 Å². The SMILES string of the molecule is CC(NC(=O)C1CCN(C(=O)C(C)(C)C)CC1)C12CC3CC(CC(C3)C1)C2. The lowest BCUT2D eigenvalue weighted by Gasteiger charge is -2.59. The molecule has 1 N–H and O–H groups in total. The first-order valence-electron chi connectivity index (χ1n) is 11.3. The van der Waals surface area contributed by atoms with Gasteiger partial charge in [-0.25, -0.2) is 0 Å². The number of piperidine rings is 1. The van der Waals surface area contributed by atoms with Crippen molar-refractivity contribution in [1.29, 1.82) is 0 Å². The van der Waals surface area contributed by atoms with E-state index in [2.05, 4.69) is 12.2 Å². The molecule has 1 heterocycles. The van der Waals surface area contributed by atoms with Gasteiger partial charge in [0.15, 0.2) is 0 Å². The zero-order valence-corrected chi connectivity index (χ0v) is 17.7. The average Bonchev–Trinajstić information content (AvgIpc) is 2.59. The molecule has 4 heteroatoms. The van der Waals surface area contributed by atoms with Crippen LogP contribution < -0.4 is 5.32 Å². The number of carbonyl (C=O) groups is 2. The van der Waals surface area contributed by atoms with Crippen LogP contribution in [0.25, 0.3) is 0 Å². The average molecular weight is 375 g/mol. The van der Waals surface area contributed by atoms with Gasteiger partial charge < -0.3 is 10.2 Å². The highest BCUT2D eigenvalue weighted by molar-refractivity contribution is 5.82. The van der Waals surface area contributed by atoms with Gasteiger partial charge in [0, 0.05) is 30.5 Å².